The van der Waals surface area contributed by atoms with Gasteiger partial charge in [-0.3, -0.25) is 0 Å². The van der Waals surface area contributed by atoms with Gasteiger partial charge in [0.2, 0.25) is 11.6 Å². The highest BCUT2D eigenvalue weighted by molar-refractivity contribution is 9.10. The minimum atomic E-state index is 0.131. The molecule has 1 aromatic carbocycles. The van der Waals surface area contributed by atoms with Gasteiger partial charge in [0.25, 0.3) is 5.89 Å². The summed E-state index contributed by atoms with van der Waals surface area (Å²) in [6.45, 7) is 1.63. The molecular weight excluding hydrogens is 426 g/mol. The summed E-state index contributed by atoms with van der Waals surface area (Å²) < 4.78 is 23.7. The number of aromatic nitrogens is 1. The highest BCUT2D eigenvalue weighted by atomic mass is 79.9. The molecule has 3 aromatic rings. The lowest BCUT2D eigenvalue weighted by atomic mass is 10.2. The Morgan fingerprint density at radius 2 is 2.07 bits per heavy atom. The molecule has 4 rings (SSSR count). The fourth-order valence-electron chi connectivity index (χ4n) is 2.89. The monoisotopic (exact) mass is 443 g/mol. The summed E-state index contributed by atoms with van der Waals surface area (Å²) in [6.07, 6.45) is 2.18. The van der Waals surface area contributed by atoms with Crippen LogP contribution in [0.2, 0.25) is 0 Å². The van der Waals surface area contributed by atoms with E-state index in [4.69, 9.17) is 18.3 Å². The number of benzene rings is 1. The molecule has 0 radical (unpaired) electrons. The predicted molar refractivity (Wildman–Crippen MR) is 105 cm³/mol. The zero-order chi connectivity index (χ0) is 19.3. The first kappa shape index (κ1) is 18.6. The van der Waals surface area contributed by atoms with Gasteiger partial charge in [0.05, 0.1) is 6.10 Å². The minimum absolute atomic E-state index is 0.131. The zero-order valence-corrected chi connectivity index (χ0v) is 16.6. The lowest BCUT2D eigenvalue weighted by Crippen LogP contribution is -2.18. The van der Waals surface area contributed by atoms with Crippen LogP contribution in [0, 0.1) is 11.3 Å². The molecule has 0 saturated carbocycles. The summed E-state index contributed by atoms with van der Waals surface area (Å²) in [5.41, 5.74) is 0.192. The SMILES string of the molecule is N#Cc1nc(-c2ccc(COc3ccc(Br)cc3)o2)oc1NC[C@@H]1CCCO1. The number of nitriles is 1. The Balaban J connectivity index is 1.41. The highest BCUT2D eigenvalue weighted by Crippen LogP contribution is 2.28. The van der Waals surface area contributed by atoms with Crippen molar-refractivity contribution < 1.29 is 18.3 Å². The summed E-state index contributed by atoms with van der Waals surface area (Å²) in [5, 5.41) is 12.4. The van der Waals surface area contributed by atoms with Crippen LogP contribution in [-0.4, -0.2) is 24.2 Å². The number of ether oxygens (including phenoxy) is 2. The van der Waals surface area contributed by atoms with E-state index in [1.807, 2.05) is 30.3 Å². The van der Waals surface area contributed by atoms with Crippen molar-refractivity contribution in [2.75, 3.05) is 18.5 Å². The van der Waals surface area contributed by atoms with Crippen molar-refractivity contribution in [3.8, 4) is 23.5 Å². The summed E-state index contributed by atoms with van der Waals surface area (Å²) in [7, 11) is 0. The van der Waals surface area contributed by atoms with E-state index < -0.39 is 0 Å². The van der Waals surface area contributed by atoms with Crippen LogP contribution in [0.15, 0.2) is 49.7 Å². The number of nitrogens with one attached hydrogen (secondary N) is 1. The standard InChI is InChI=1S/C20H18BrN3O4/c21-13-3-5-14(6-4-13)26-12-16-7-8-18(27-16)20-24-17(10-22)19(28-20)23-11-15-2-1-9-25-15/h3-8,15,23H,1-2,9,11-12H2/t15-/m0/s1. The largest absolute Gasteiger partial charge is 0.486 e. The van der Waals surface area contributed by atoms with Crippen LogP contribution in [-0.2, 0) is 11.3 Å². The van der Waals surface area contributed by atoms with Crippen LogP contribution in [0.1, 0.15) is 24.3 Å². The molecule has 7 nitrogen and oxygen atoms in total. The number of furan rings is 1. The van der Waals surface area contributed by atoms with E-state index in [9.17, 15) is 5.26 Å². The number of nitrogens with zero attached hydrogens (tertiary/aromatic N) is 2. The summed E-state index contributed by atoms with van der Waals surface area (Å²) in [6, 6.07) is 13.1. The fraction of sp³-hybridized carbons (Fsp3) is 0.300. The van der Waals surface area contributed by atoms with Crippen LogP contribution >= 0.6 is 15.9 Å². The van der Waals surface area contributed by atoms with Crippen LogP contribution in [0.25, 0.3) is 11.7 Å². The number of hydrogen-bond donors (Lipinski definition) is 1. The minimum Gasteiger partial charge on any atom is -0.486 e. The molecule has 2 aromatic heterocycles. The third-order valence-corrected chi connectivity index (χ3v) is 4.84. The number of rotatable bonds is 7. The van der Waals surface area contributed by atoms with E-state index in [0.29, 0.717) is 23.9 Å². The van der Waals surface area contributed by atoms with Crippen LogP contribution < -0.4 is 10.1 Å². The van der Waals surface area contributed by atoms with Gasteiger partial charge in [-0.25, -0.2) is 0 Å². The van der Waals surface area contributed by atoms with Crippen molar-refractivity contribution in [1.29, 1.82) is 5.26 Å². The van der Waals surface area contributed by atoms with Crippen molar-refractivity contribution in [3.63, 3.8) is 0 Å². The van der Waals surface area contributed by atoms with Crippen molar-refractivity contribution >= 4 is 21.8 Å². The van der Waals surface area contributed by atoms with E-state index in [-0.39, 0.29) is 24.3 Å². The molecular formula is C20H18BrN3O4. The zero-order valence-electron chi connectivity index (χ0n) is 15.0. The van der Waals surface area contributed by atoms with E-state index in [1.165, 1.54) is 0 Å². The molecule has 3 heterocycles. The molecule has 1 saturated heterocycles. The number of hydrogen-bond acceptors (Lipinski definition) is 7. The van der Waals surface area contributed by atoms with Crippen molar-refractivity contribution in [1.82, 2.24) is 4.98 Å². The molecule has 28 heavy (non-hydrogen) atoms. The summed E-state index contributed by atoms with van der Waals surface area (Å²) in [5.74, 6) is 2.39. The third-order valence-electron chi connectivity index (χ3n) is 4.31. The molecule has 0 amide bonds. The van der Waals surface area contributed by atoms with Crippen LogP contribution in [0.5, 0.6) is 5.75 Å². The van der Waals surface area contributed by atoms with Crippen LogP contribution in [0.3, 0.4) is 0 Å². The molecule has 0 bridgehead atoms. The van der Waals surface area contributed by atoms with Gasteiger partial charge in [0.1, 0.15) is 24.2 Å². The Labute approximate surface area is 170 Å². The molecule has 1 aliphatic heterocycles. The van der Waals surface area contributed by atoms with Crippen molar-refractivity contribution in [2.24, 2.45) is 0 Å². The second-order valence-corrected chi connectivity index (χ2v) is 7.25. The van der Waals surface area contributed by atoms with Gasteiger partial charge in [0, 0.05) is 17.6 Å². The molecule has 1 atom stereocenters. The average Bonchev–Trinajstić information content (AvgIpc) is 3.45. The maximum Gasteiger partial charge on any atom is 0.266 e. The van der Waals surface area contributed by atoms with Gasteiger partial charge in [0.15, 0.2) is 5.76 Å². The molecule has 0 unspecified atom stereocenters. The topological polar surface area (TPSA) is 93.5 Å². The van der Waals surface area contributed by atoms with Crippen LogP contribution in [0.4, 0.5) is 5.88 Å². The predicted octanol–water partition coefficient (Wildman–Crippen LogP) is 4.74. The Morgan fingerprint density at radius 3 is 2.82 bits per heavy atom. The molecule has 0 aliphatic carbocycles. The number of oxazole rings is 1. The van der Waals surface area contributed by atoms with Gasteiger partial charge in [-0.05, 0) is 49.2 Å². The second kappa shape index (κ2) is 8.50. The van der Waals surface area contributed by atoms with Gasteiger partial charge < -0.3 is 23.6 Å². The molecule has 0 spiro atoms. The molecule has 1 aliphatic rings. The van der Waals surface area contributed by atoms with Gasteiger partial charge in [-0.1, -0.05) is 15.9 Å². The van der Waals surface area contributed by atoms with Crippen molar-refractivity contribution in [3.05, 3.63) is 52.3 Å². The fourth-order valence-corrected chi connectivity index (χ4v) is 3.15. The van der Waals surface area contributed by atoms with E-state index in [1.54, 1.807) is 12.1 Å². The first-order chi connectivity index (χ1) is 13.7. The first-order valence-corrected chi connectivity index (χ1v) is 9.74. The van der Waals surface area contributed by atoms with Gasteiger partial charge >= 0.3 is 0 Å². The maximum absolute atomic E-state index is 9.31. The maximum atomic E-state index is 9.31. The lowest BCUT2D eigenvalue weighted by molar-refractivity contribution is 0.120. The molecule has 1 N–H and O–H groups in total. The smallest absolute Gasteiger partial charge is 0.266 e. The number of anilines is 1. The third kappa shape index (κ3) is 4.38. The van der Waals surface area contributed by atoms with E-state index >= 15 is 0 Å². The van der Waals surface area contributed by atoms with Gasteiger partial charge in [-0.2, -0.15) is 10.2 Å². The van der Waals surface area contributed by atoms with E-state index in [0.717, 1.165) is 29.7 Å². The lowest BCUT2D eigenvalue weighted by Gasteiger charge is -2.09. The van der Waals surface area contributed by atoms with E-state index in [2.05, 4.69) is 26.2 Å². The quantitative estimate of drug-likeness (QED) is 0.563. The average molecular weight is 444 g/mol. The van der Waals surface area contributed by atoms with Gasteiger partial charge in [-0.15, -0.1) is 0 Å². The Kier molecular flexibility index (Phi) is 5.65. The molecule has 144 valence electrons. The molecule has 1 fully saturated rings. The number of halogens is 1. The van der Waals surface area contributed by atoms with Crippen molar-refractivity contribution in [2.45, 2.75) is 25.6 Å². The Hall–Kier alpha value is -2.76. The summed E-state index contributed by atoms with van der Waals surface area (Å²) >= 11 is 3.39. The Bertz CT molecular complexity index is 968. The Morgan fingerprint density at radius 1 is 1.21 bits per heavy atom. The summed E-state index contributed by atoms with van der Waals surface area (Å²) in [4.78, 5) is 4.21. The highest BCUT2D eigenvalue weighted by Gasteiger charge is 2.20. The second-order valence-electron chi connectivity index (χ2n) is 6.33. The normalized spacial score (nSPS) is 16.1. The first-order valence-electron chi connectivity index (χ1n) is 8.95. The molecule has 8 heteroatoms.